The van der Waals surface area contributed by atoms with Crippen LogP contribution in [0.5, 0.6) is 5.75 Å². The van der Waals surface area contributed by atoms with Gasteiger partial charge in [0.15, 0.2) is 0 Å². The van der Waals surface area contributed by atoms with Gasteiger partial charge in [0.25, 0.3) is 0 Å². The van der Waals surface area contributed by atoms with E-state index in [1.54, 1.807) is 26.8 Å². The van der Waals surface area contributed by atoms with Crippen molar-refractivity contribution in [3.8, 4) is 16.9 Å². The van der Waals surface area contributed by atoms with Gasteiger partial charge in [0.05, 0.1) is 23.0 Å². The molecule has 1 heterocycles. The van der Waals surface area contributed by atoms with Gasteiger partial charge in [-0.3, -0.25) is 4.31 Å². The third-order valence-corrected chi connectivity index (χ3v) is 8.97. The van der Waals surface area contributed by atoms with Crippen LogP contribution >= 0.6 is 0 Å². The molecule has 0 aliphatic carbocycles. The first-order valence-electron chi connectivity index (χ1n) is 16.0. The fraction of sp³-hybridized carbons (Fsp3) is 0.316. The summed E-state index contributed by atoms with van der Waals surface area (Å²) in [5.74, 6) is 1.39. The molecule has 47 heavy (non-hydrogen) atoms. The molecule has 1 aromatic heterocycles. The van der Waals surface area contributed by atoms with Crippen LogP contribution in [0.4, 0.5) is 10.5 Å². The summed E-state index contributed by atoms with van der Waals surface area (Å²) < 4.78 is 40.5. The summed E-state index contributed by atoms with van der Waals surface area (Å²) in [5.41, 5.74) is 5.51. The molecule has 0 aliphatic heterocycles. The zero-order chi connectivity index (χ0) is 33.6. The van der Waals surface area contributed by atoms with Crippen molar-refractivity contribution in [1.29, 1.82) is 0 Å². The zero-order valence-corrected chi connectivity index (χ0v) is 28.6. The van der Waals surface area contributed by atoms with E-state index in [1.807, 2.05) is 78.9 Å². The molecule has 5 aromatic rings. The van der Waals surface area contributed by atoms with E-state index in [4.69, 9.17) is 14.5 Å². The molecule has 8 nitrogen and oxygen atoms in total. The highest BCUT2D eigenvalue weighted by atomic mass is 32.2. The van der Waals surface area contributed by atoms with Crippen LogP contribution in [0.2, 0.25) is 0 Å². The van der Waals surface area contributed by atoms with Crippen molar-refractivity contribution in [2.45, 2.75) is 65.5 Å². The molecule has 0 amide bonds. The minimum Gasteiger partial charge on any atom is -0.428 e. The number of fused-ring (bicyclic) bond motifs is 1. The molecule has 5 rings (SSSR count). The van der Waals surface area contributed by atoms with Gasteiger partial charge in [-0.2, -0.15) is 0 Å². The van der Waals surface area contributed by atoms with Crippen LogP contribution in [0.25, 0.3) is 22.2 Å². The van der Waals surface area contributed by atoms with Crippen molar-refractivity contribution in [2.75, 3.05) is 17.1 Å². The van der Waals surface area contributed by atoms with Crippen molar-refractivity contribution in [1.82, 2.24) is 9.55 Å². The SMILES string of the molecule is CCCCc1nc2ccc(N(CCc3ccccc3)S(C)(=O)=O)cc2n1Cc1ccc(-c2ccccc2OC(=O)OC(C)(C)C)cc1. The average Bonchev–Trinajstić information content (AvgIpc) is 3.36. The molecule has 0 N–H and O–H groups in total. The Morgan fingerprint density at radius 3 is 2.26 bits per heavy atom. The molecule has 0 unspecified atom stereocenters. The normalized spacial score (nSPS) is 11.9. The van der Waals surface area contributed by atoms with Gasteiger partial charge in [0, 0.05) is 25.1 Å². The lowest BCUT2D eigenvalue weighted by atomic mass is 10.0. The molecule has 0 radical (unpaired) electrons. The lowest BCUT2D eigenvalue weighted by Gasteiger charge is -2.23. The summed E-state index contributed by atoms with van der Waals surface area (Å²) in [4.78, 5) is 17.4. The van der Waals surface area contributed by atoms with Gasteiger partial charge in [-0.1, -0.05) is 86.1 Å². The van der Waals surface area contributed by atoms with Gasteiger partial charge in [-0.25, -0.2) is 18.2 Å². The van der Waals surface area contributed by atoms with Crippen LogP contribution < -0.4 is 9.04 Å². The summed E-state index contributed by atoms with van der Waals surface area (Å²) in [6.45, 7) is 8.45. The molecule has 4 aromatic carbocycles. The summed E-state index contributed by atoms with van der Waals surface area (Å²) in [5, 5.41) is 0. The van der Waals surface area contributed by atoms with Crippen LogP contribution in [0.3, 0.4) is 0 Å². The van der Waals surface area contributed by atoms with Gasteiger partial charge >= 0.3 is 6.16 Å². The van der Waals surface area contributed by atoms with Crippen molar-refractivity contribution >= 4 is 32.9 Å². The number of aromatic nitrogens is 2. The Morgan fingerprint density at radius 1 is 0.872 bits per heavy atom. The monoisotopic (exact) mass is 653 g/mol. The second kappa shape index (κ2) is 14.4. The molecular weight excluding hydrogens is 611 g/mol. The Balaban J connectivity index is 1.44. The van der Waals surface area contributed by atoms with E-state index < -0.39 is 21.8 Å². The number of benzene rings is 4. The molecule has 246 valence electrons. The number of unbranched alkanes of at least 4 members (excludes halogenated alkanes) is 1. The summed E-state index contributed by atoms with van der Waals surface area (Å²) in [6.07, 6.45) is 3.96. The molecule has 0 fully saturated rings. The maximum Gasteiger partial charge on any atom is 0.514 e. The van der Waals surface area contributed by atoms with Gasteiger partial charge in [0.1, 0.15) is 17.2 Å². The Hall–Kier alpha value is -4.63. The molecule has 0 atom stereocenters. The molecule has 0 bridgehead atoms. The lowest BCUT2D eigenvalue weighted by Crippen LogP contribution is -2.31. The predicted molar refractivity (Wildman–Crippen MR) is 189 cm³/mol. The van der Waals surface area contributed by atoms with Crippen LogP contribution in [-0.2, 0) is 34.1 Å². The standard InChI is InChI=1S/C38H43N3O5S/c1-6-7-17-36-39-33-23-22-31(41(47(5,43)44)25-24-28-13-9-8-10-14-28)26-34(33)40(36)27-29-18-20-30(21-19-29)32-15-11-12-16-35(32)45-37(42)46-38(2,3)4/h8-16,18-23,26H,6-7,17,24-25,27H2,1-5H3. The topological polar surface area (TPSA) is 90.7 Å². The van der Waals surface area contributed by atoms with Gasteiger partial charge < -0.3 is 14.0 Å². The minimum absolute atomic E-state index is 0.339. The number of hydrogen-bond acceptors (Lipinski definition) is 6. The first-order chi connectivity index (χ1) is 22.4. The van der Waals surface area contributed by atoms with E-state index in [-0.39, 0.29) is 0 Å². The number of rotatable bonds is 12. The van der Waals surface area contributed by atoms with E-state index in [9.17, 15) is 13.2 Å². The average molecular weight is 654 g/mol. The Labute approximate surface area is 278 Å². The van der Waals surface area contributed by atoms with E-state index in [0.717, 1.165) is 58.4 Å². The van der Waals surface area contributed by atoms with Crippen LogP contribution in [0.15, 0.2) is 97.1 Å². The van der Waals surface area contributed by atoms with E-state index >= 15 is 0 Å². The molecule has 0 saturated carbocycles. The minimum atomic E-state index is -3.52. The second-order valence-corrected chi connectivity index (χ2v) is 14.6. The highest BCUT2D eigenvalue weighted by molar-refractivity contribution is 7.92. The maximum atomic E-state index is 13.0. The summed E-state index contributed by atoms with van der Waals surface area (Å²) in [6, 6.07) is 31.1. The maximum absolute atomic E-state index is 13.0. The van der Waals surface area contributed by atoms with Gasteiger partial charge in [-0.05, 0) is 74.6 Å². The van der Waals surface area contributed by atoms with Crippen LogP contribution in [0, 0.1) is 0 Å². The fourth-order valence-electron chi connectivity index (χ4n) is 5.51. The number of aryl methyl sites for hydroxylation is 1. The van der Waals surface area contributed by atoms with Crippen LogP contribution in [-0.4, -0.2) is 42.5 Å². The van der Waals surface area contributed by atoms with Crippen molar-refractivity contribution in [3.05, 3.63) is 114 Å². The van der Waals surface area contributed by atoms with Gasteiger partial charge in [-0.15, -0.1) is 0 Å². The van der Waals surface area contributed by atoms with Crippen molar-refractivity contribution in [3.63, 3.8) is 0 Å². The first kappa shape index (κ1) is 33.7. The third kappa shape index (κ3) is 8.80. The second-order valence-electron chi connectivity index (χ2n) is 12.7. The third-order valence-electron chi connectivity index (χ3n) is 7.78. The molecule has 0 aliphatic rings. The van der Waals surface area contributed by atoms with Crippen molar-refractivity contribution < 1.29 is 22.7 Å². The number of carbonyl (C=O) groups excluding carboxylic acids is 1. The molecular formula is C38H43N3O5S. The van der Waals surface area contributed by atoms with E-state index in [2.05, 4.69) is 23.6 Å². The first-order valence-corrected chi connectivity index (χ1v) is 17.9. The summed E-state index contributed by atoms with van der Waals surface area (Å²) >= 11 is 0. The summed E-state index contributed by atoms with van der Waals surface area (Å²) in [7, 11) is -3.52. The van der Waals surface area contributed by atoms with Crippen molar-refractivity contribution in [2.24, 2.45) is 0 Å². The molecule has 0 saturated heterocycles. The lowest BCUT2D eigenvalue weighted by molar-refractivity contribution is 0.0207. The van der Waals surface area contributed by atoms with E-state index in [0.29, 0.717) is 30.9 Å². The highest BCUT2D eigenvalue weighted by Crippen LogP contribution is 2.32. The molecule has 0 spiro atoms. The number of imidazole rings is 1. The number of sulfonamides is 1. The highest BCUT2D eigenvalue weighted by Gasteiger charge is 2.21. The quantitative estimate of drug-likeness (QED) is 0.0992. The number of nitrogens with zero attached hydrogens (tertiary/aromatic N) is 3. The Bertz CT molecular complexity index is 1930. The van der Waals surface area contributed by atoms with E-state index in [1.165, 1.54) is 10.6 Å². The zero-order valence-electron chi connectivity index (χ0n) is 27.8. The number of hydrogen-bond donors (Lipinski definition) is 0. The number of para-hydroxylation sites is 1. The number of ether oxygens (including phenoxy) is 2. The predicted octanol–water partition coefficient (Wildman–Crippen LogP) is 8.42. The smallest absolute Gasteiger partial charge is 0.428 e. The Kier molecular flexibility index (Phi) is 10.3. The number of anilines is 1. The largest absolute Gasteiger partial charge is 0.514 e. The number of carbonyl (C=O) groups is 1. The molecule has 9 heteroatoms. The van der Waals surface area contributed by atoms with Gasteiger partial charge in [0.2, 0.25) is 10.0 Å². The Morgan fingerprint density at radius 2 is 1.57 bits per heavy atom. The van der Waals surface area contributed by atoms with Crippen LogP contribution in [0.1, 0.15) is 57.5 Å². The fourth-order valence-corrected chi connectivity index (χ4v) is 6.43.